The number of rotatable bonds is 4. The minimum absolute atomic E-state index is 0.0589. The predicted octanol–water partition coefficient (Wildman–Crippen LogP) is 1.59. The third-order valence-electron chi connectivity index (χ3n) is 7.51. The summed E-state index contributed by atoms with van der Waals surface area (Å²) in [4.78, 5) is 39.0. The van der Waals surface area contributed by atoms with Crippen LogP contribution < -0.4 is 10.6 Å². The third kappa shape index (κ3) is 3.55. The zero-order valence-electron chi connectivity index (χ0n) is 20.3. The van der Waals surface area contributed by atoms with Gasteiger partial charge in [-0.15, -0.1) is 0 Å². The zero-order chi connectivity index (χ0) is 25.9. The molecule has 0 saturated heterocycles. The smallest absolute Gasteiger partial charge is 0.343 e. The molecule has 0 radical (unpaired) electrons. The van der Waals surface area contributed by atoms with Crippen molar-refractivity contribution in [2.45, 2.75) is 57.9 Å². The fourth-order valence-corrected chi connectivity index (χ4v) is 5.47. The molecule has 36 heavy (non-hydrogen) atoms. The monoisotopic (exact) mass is 497 g/mol. The Balaban J connectivity index is 1.55. The number of nitrogens with zero attached hydrogens (tertiary/aromatic N) is 1. The number of carbonyl (C=O) groups excluding carboxylic acids is 3. The maximum atomic E-state index is 14.9. The number of hydrogen-bond acceptors (Lipinski definition) is 8. The molecule has 0 aromatic heterocycles. The van der Waals surface area contributed by atoms with E-state index in [1.54, 1.807) is 30.9 Å². The van der Waals surface area contributed by atoms with Crippen molar-refractivity contribution in [3.8, 4) is 0 Å². The minimum atomic E-state index is -1.89. The van der Waals surface area contributed by atoms with Crippen LogP contribution in [-0.2, 0) is 20.7 Å². The van der Waals surface area contributed by atoms with Crippen LogP contribution in [0.15, 0.2) is 40.8 Å². The molecule has 1 aromatic rings. The number of cyclic esters (lactones) is 1. The third-order valence-corrected chi connectivity index (χ3v) is 7.51. The molecule has 9 nitrogen and oxygen atoms in total. The molecule has 1 unspecified atom stereocenters. The molecule has 1 aromatic carbocycles. The van der Waals surface area contributed by atoms with Crippen LogP contribution in [0.4, 0.5) is 10.1 Å². The van der Waals surface area contributed by atoms with Gasteiger partial charge in [0.05, 0.1) is 23.1 Å². The summed E-state index contributed by atoms with van der Waals surface area (Å²) < 4.78 is 20.0. The van der Waals surface area contributed by atoms with Crippen LogP contribution in [0.1, 0.15) is 48.2 Å². The van der Waals surface area contributed by atoms with Gasteiger partial charge in [0.2, 0.25) is 5.91 Å². The van der Waals surface area contributed by atoms with Gasteiger partial charge in [0.25, 0.3) is 0 Å². The number of aliphatic hydroxyl groups excluding tert-OH is 1. The number of ether oxygens (including phenoxy) is 1. The van der Waals surface area contributed by atoms with E-state index in [0.717, 1.165) is 0 Å². The van der Waals surface area contributed by atoms with E-state index < -0.39 is 29.7 Å². The quantitative estimate of drug-likeness (QED) is 0.462. The molecular formula is C26H28FN3O6. The van der Waals surface area contributed by atoms with Crippen LogP contribution >= 0.6 is 0 Å². The van der Waals surface area contributed by atoms with E-state index in [-0.39, 0.29) is 36.0 Å². The number of anilines is 1. The van der Waals surface area contributed by atoms with Crippen molar-refractivity contribution in [3.05, 3.63) is 63.3 Å². The van der Waals surface area contributed by atoms with E-state index in [1.807, 2.05) is 0 Å². The summed E-state index contributed by atoms with van der Waals surface area (Å²) in [6, 6.07) is 0.557. The SMILES string of the molecule is CC[C@@]1(O)C(=O)OCC2=C1C=C1C(Nc3cc(F)c(C)c4c3C(=O)[C@@H](NC(C)=O)CC4)=CCN1C2O. The van der Waals surface area contributed by atoms with Crippen LogP contribution in [0.25, 0.3) is 0 Å². The fraction of sp³-hybridized carbons (Fsp3) is 0.423. The van der Waals surface area contributed by atoms with Gasteiger partial charge in [-0.25, -0.2) is 9.18 Å². The molecule has 10 heteroatoms. The van der Waals surface area contributed by atoms with Crippen molar-refractivity contribution in [1.82, 2.24) is 10.2 Å². The molecule has 190 valence electrons. The summed E-state index contributed by atoms with van der Waals surface area (Å²) in [5.41, 5.74) is 1.36. The summed E-state index contributed by atoms with van der Waals surface area (Å²) in [7, 11) is 0. The van der Waals surface area contributed by atoms with E-state index in [0.29, 0.717) is 53.0 Å². The zero-order valence-corrected chi connectivity index (χ0v) is 20.3. The van der Waals surface area contributed by atoms with Gasteiger partial charge >= 0.3 is 5.97 Å². The van der Waals surface area contributed by atoms with Crippen molar-refractivity contribution < 1.29 is 33.7 Å². The van der Waals surface area contributed by atoms with Crippen LogP contribution in [0.3, 0.4) is 0 Å². The molecule has 0 bridgehead atoms. The Morgan fingerprint density at radius 1 is 1.36 bits per heavy atom. The lowest BCUT2D eigenvalue weighted by Crippen LogP contribution is -2.51. The van der Waals surface area contributed by atoms with Gasteiger partial charge < -0.3 is 30.5 Å². The van der Waals surface area contributed by atoms with Gasteiger partial charge in [-0.2, -0.15) is 0 Å². The summed E-state index contributed by atoms with van der Waals surface area (Å²) in [5, 5.41) is 27.9. The molecule has 1 aliphatic carbocycles. The number of carbonyl (C=O) groups is 3. The van der Waals surface area contributed by atoms with Crippen molar-refractivity contribution in [3.63, 3.8) is 0 Å². The molecule has 4 aliphatic rings. The van der Waals surface area contributed by atoms with E-state index in [2.05, 4.69) is 10.6 Å². The van der Waals surface area contributed by atoms with Gasteiger partial charge in [-0.05, 0) is 55.5 Å². The van der Waals surface area contributed by atoms with Gasteiger partial charge in [-0.3, -0.25) is 9.59 Å². The summed E-state index contributed by atoms with van der Waals surface area (Å²) in [5.74, 6) is -1.86. The molecule has 3 atom stereocenters. The first-order valence-electron chi connectivity index (χ1n) is 12.0. The lowest BCUT2D eigenvalue weighted by Gasteiger charge is -2.41. The molecule has 3 heterocycles. The second-order valence-corrected chi connectivity index (χ2v) is 9.57. The minimum Gasteiger partial charge on any atom is -0.459 e. The number of amides is 1. The Labute approximate surface area is 207 Å². The number of benzene rings is 1. The van der Waals surface area contributed by atoms with E-state index in [4.69, 9.17) is 4.74 Å². The normalized spacial score (nSPS) is 27.0. The average Bonchev–Trinajstić information content (AvgIpc) is 3.24. The highest BCUT2D eigenvalue weighted by atomic mass is 19.1. The Hall–Kier alpha value is -3.50. The number of hydrogen-bond donors (Lipinski definition) is 4. The lowest BCUT2D eigenvalue weighted by molar-refractivity contribution is -0.164. The number of halogens is 1. The summed E-state index contributed by atoms with van der Waals surface area (Å²) >= 11 is 0. The molecule has 5 rings (SSSR count). The first-order valence-corrected chi connectivity index (χ1v) is 12.0. The summed E-state index contributed by atoms with van der Waals surface area (Å²) in [6.07, 6.45) is 3.16. The van der Waals surface area contributed by atoms with E-state index in [1.165, 1.54) is 13.0 Å². The Bertz CT molecular complexity index is 1300. The average molecular weight is 498 g/mol. The maximum Gasteiger partial charge on any atom is 0.343 e. The predicted molar refractivity (Wildman–Crippen MR) is 127 cm³/mol. The Morgan fingerprint density at radius 2 is 2.11 bits per heavy atom. The number of ketones is 1. The van der Waals surface area contributed by atoms with Crippen LogP contribution in [-0.4, -0.2) is 63.8 Å². The number of Topliss-reactive ketones (excluding diaryl/α,β-unsaturated/α-hetero) is 1. The van der Waals surface area contributed by atoms with E-state index >= 15 is 0 Å². The lowest BCUT2D eigenvalue weighted by atomic mass is 9.82. The molecule has 0 saturated carbocycles. The van der Waals surface area contributed by atoms with Crippen molar-refractivity contribution in [1.29, 1.82) is 0 Å². The molecule has 1 amide bonds. The van der Waals surface area contributed by atoms with Gasteiger partial charge in [0.1, 0.15) is 12.4 Å². The highest BCUT2D eigenvalue weighted by molar-refractivity contribution is 6.08. The van der Waals surface area contributed by atoms with E-state index in [9.17, 15) is 29.0 Å². The van der Waals surface area contributed by atoms with Gasteiger partial charge in [0.15, 0.2) is 17.6 Å². The highest BCUT2D eigenvalue weighted by Crippen LogP contribution is 2.42. The number of esters is 1. The molecule has 3 aliphatic heterocycles. The standard InChI is InChI=1S/C26H28FN3O6/c1-4-26(35)16-9-21-18(7-8-30(21)24(33)15(16)11-36-25(26)34)29-20-10-17(27)12(2)14-5-6-19(28-13(3)31)23(32)22(14)20/h7,9-10,19,24,29,33,35H,4-6,8,11H2,1-3H3,(H,28,31)/t19-,24?,26-/m0/s1. The fourth-order valence-electron chi connectivity index (χ4n) is 5.47. The Kier molecular flexibility index (Phi) is 5.76. The van der Waals surface area contributed by atoms with Crippen LogP contribution in [0.2, 0.25) is 0 Å². The number of nitrogens with one attached hydrogen (secondary N) is 2. The van der Waals surface area contributed by atoms with Gasteiger partial charge in [0, 0.05) is 30.2 Å². The van der Waals surface area contributed by atoms with Crippen molar-refractivity contribution in [2.75, 3.05) is 18.5 Å². The first-order chi connectivity index (χ1) is 17.1. The molecule has 0 spiro atoms. The molecular weight excluding hydrogens is 469 g/mol. The second-order valence-electron chi connectivity index (χ2n) is 9.57. The number of fused-ring (bicyclic) bond motifs is 2. The van der Waals surface area contributed by atoms with Crippen LogP contribution in [0.5, 0.6) is 0 Å². The number of aliphatic hydroxyl groups is 2. The van der Waals surface area contributed by atoms with Crippen LogP contribution in [0, 0.1) is 12.7 Å². The first kappa shape index (κ1) is 24.2. The Morgan fingerprint density at radius 3 is 2.81 bits per heavy atom. The summed E-state index contributed by atoms with van der Waals surface area (Å²) in [6.45, 7) is 4.80. The topological polar surface area (TPSA) is 128 Å². The molecule has 4 N–H and O–H groups in total. The van der Waals surface area contributed by atoms with Crippen molar-refractivity contribution in [2.24, 2.45) is 0 Å². The van der Waals surface area contributed by atoms with Crippen molar-refractivity contribution >= 4 is 23.3 Å². The highest BCUT2D eigenvalue weighted by Gasteiger charge is 2.49. The second kappa shape index (κ2) is 8.56. The van der Waals surface area contributed by atoms with Gasteiger partial charge in [-0.1, -0.05) is 6.92 Å². The maximum absolute atomic E-state index is 14.9. The largest absolute Gasteiger partial charge is 0.459 e. The molecule has 0 fully saturated rings.